The van der Waals surface area contributed by atoms with Crippen LogP contribution in [0, 0.1) is 0 Å². The van der Waals surface area contributed by atoms with Crippen molar-refractivity contribution in [1.82, 2.24) is 0 Å². The molecule has 0 fully saturated rings. The van der Waals surface area contributed by atoms with Gasteiger partial charge in [0.05, 0.1) is 0 Å². The summed E-state index contributed by atoms with van der Waals surface area (Å²) in [5.41, 5.74) is 0. The molecule has 0 bridgehead atoms. The fourth-order valence-electron chi connectivity index (χ4n) is 0.300. The molecule has 0 heterocycles. The monoisotopic (exact) mass is 211 g/mol. The fraction of sp³-hybridized carbons (Fsp3) is 1.00. The molecule has 0 spiro atoms. The van der Waals surface area contributed by atoms with Crippen molar-refractivity contribution in [3.8, 4) is 0 Å². The Labute approximate surface area is 49.7 Å². The van der Waals surface area contributed by atoms with Gasteiger partial charge in [-0.25, -0.2) is 0 Å². The van der Waals surface area contributed by atoms with Gasteiger partial charge in [0.2, 0.25) is 0 Å². The van der Waals surface area contributed by atoms with E-state index in [-0.39, 0.29) is 0 Å². The summed E-state index contributed by atoms with van der Waals surface area (Å²) < 4.78 is 1.10. The van der Waals surface area contributed by atoms with Gasteiger partial charge in [-0.05, 0) is 0 Å². The van der Waals surface area contributed by atoms with E-state index in [0.29, 0.717) is 6.61 Å². The van der Waals surface area contributed by atoms with Gasteiger partial charge in [-0.1, -0.05) is 0 Å². The molecule has 0 aliphatic carbocycles. The minimum atomic E-state index is -1.44. The number of aliphatic hydroxyl groups is 1. The first-order chi connectivity index (χ1) is 3.06. The summed E-state index contributed by atoms with van der Waals surface area (Å²) in [6.07, 6.45) is 0. The molecule has 1 radical (unpaired) electrons. The Morgan fingerprint density at radius 3 is 1.71 bits per heavy atom. The zero-order valence-electron chi connectivity index (χ0n) is 5.31. The van der Waals surface area contributed by atoms with Gasteiger partial charge >= 0.3 is 49.5 Å². The second-order valence-electron chi connectivity index (χ2n) is 2.74. The Morgan fingerprint density at radius 1 is 1.29 bits per heavy atom. The molecule has 0 atom stereocenters. The van der Waals surface area contributed by atoms with Gasteiger partial charge in [0, 0.05) is 0 Å². The summed E-state index contributed by atoms with van der Waals surface area (Å²) in [4.78, 5) is 6.94. The number of aliphatic hydroxyl groups excluding tert-OH is 1. The first kappa shape index (κ1) is 7.78. The third-order valence-corrected chi connectivity index (χ3v) is 5.17. The van der Waals surface area contributed by atoms with E-state index in [0.717, 1.165) is 4.37 Å². The van der Waals surface area contributed by atoms with Crippen LogP contribution in [-0.2, 0) is 0 Å². The molecular formula is C5H14OSb. The standard InChI is InChI=1S/C2H5O.3CH3.Sb/c1-2-3;;;;/h3H,1-2H2;3*1H3;. The third-order valence-electron chi connectivity index (χ3n) is 0.771. The first-order valence-electron chi connectivity index (χ1n) is 2.47. The van der Waals surface area contributed by atoms with Gasteiger partial charge in [0.15, 0.2) is 0 Å². The van der Waals surface area contributed by atoms with Crippen LogP contribution in [0.2, 0.25) is 19.0 Å². The Hall–Kier alpha value is 0.778. The Kier molecular flexibility index (Phi) is 3.26. The molecule has 0 aliphatic heterocycles. The van der Waals surface area contributed by atoms with Gasteiger partial charge in [0.25, 0.3) is 0 Å². The van der Waals surface area contributed by atoms with Crippen molar-refractivity contribution < 1.29 is 5.11 Å². The normalized spacial score (nSPS) is 12.0. The summed E-state index contributed by atoms with van der Waals surface area (Å²) in [6, 6.07) is 0. The quantitative estimate of drug-likeness (QED) is 0.684. The molecule has 0 amide bonds. The number of hydrogen-bond acceptors (Lipinski definition) is 1. The van der Waals surface area contributed by atoms with E-state index < -0.39 is 18.8 Å². The fourth-order valence-corrected chi connectivity index (χ4v) is 2.01. The van der Waals surface area contributed by atoms with E-state index in [4.69, 9.17) is 5.11 Å². The second kappa shape index (κ2) is 2.94. The van der Waals surface area contributed by atoms with E-state index >= 15 is 0 Å². The van der Waals surface area contributed by atoms with Gasteiger partial charge in [-0.3, -0.25) is 0 Å². The molecule has 0 unspecified atom stereocenters. The van der Waals surface area contributed by atoms with Crippen molar-refractivity contribution in [2.45, 2.75) is 19.0 Å². The van der Waals surface area contributed by atoms with Crippen LogP contribution in [0.5, 0.6) is 0 Å². The van der Waals surface area contributed by atoms with Crippen LogP contribution in [-0.4, -0.2) is 30.5 Å². The molecule has 0 aliphatic rings. The van der Waals surface area contributed by atoms with Gasteiger partial charge in [-0.15, -0.1) is 0 Å². The predicted octanol–water partition coefficient (Wildman–Crippen LogP) is 1.32. The summed E-state index contributed by atoms with van der Waals surface area (Å²) in [6.45, 7) is 0.398. The molecule has 1 N–H and O–H groups in total. The summed E-state index contributed by atoms with van der Waals surface area (Å²) in [5.74, 6) is 0. The molecule has 0 rings (SSSR count). The minimum absolute atomic E-state index is 0.398. The molecule has 7 heavy (non-hydrogen) atoms. The Bertz CT molecular complexity index is 46.5. The summed E-state index contributed by atoms with van der Waals surface area (Å²) in [7, 11) is 0. The SMILES string of the molecule is [CH3][Sb]([CH3])([CH3])[CH2]CO. The Morgan fingerprint density at radius 2 is 1.71 bits per heavy atom. The van der Waals surface area contributed by atoms with Crippen molar-refractivity contribution >= 4 is 18.8 Å². The maximum atomic E-state index is 8.45. The summed E-state index contributed by atoms with van der Waals surface area (Å²) >= 11 is -1.44. The van der Waals surface area contributed by atoms with E-state index in [9.17, 15) is 0 Å². The second-order valence-corrected chi connectivity index (χ2v) is 17.1. The molecule has 1 nitrogen and oxygen atoms in total. The zero-order valence-corrected chi connectivity index (χ0v) is 7.86. The molecular weight excluding hydrogens is 198 g/mol. The topological polar surface area (TPSA) is 20.2 Å². The summed E-state index contributed by atoms with van der Waals surface area (Å²) in [5, 5.41) is 8.45. The molecule has 0 aromatic heterocycles. The van der Waals surface area contributed by atoms with E-state index in [2.05, 4.69) is 14.6 Å². The van der Waals surface area contributed by atoms with Crippen LogP contribution in [0.3, 0.4) is 0 Å². The van der Waals surface area contributed by atoms with Crippen molar-refractivity contribution in [3.05, 3.63) is 0 Å². The van der Waals surface area contributed by atoms with Gasteiger partial charge in [-0.2, -0.15) is 0 Å². The average Bonchev–Trinajstić information content (AvgIpc) is 1.30. The molecule has 0 saturated heterocycles. The molecule has 2 heteroatoms. The van der Waals surface area contributed by atoms with Crippen LogP contribution in [0.4, 0.5) is 0 Å². The van der Waals surface area contributed by atoms with E-state index in [1.54, 1.807) is 0 Å². The van der Waals surface area contributed by atoms with Crippen molar-refractivity contribution in [2.75, 3.05) is 6.61 Å². The van der Waals surface area contributed by atoms with Crippen LogP contribution in [0.25, 0.3) is 0 Å². The van der Waals surface area contributed by atoms with Crippen molar-refractivity contribution in [1.29, 1.82) is 0 Å². The zero-order chi connectivity index (χ0) is 5.91. The number of rotatable bonds is 2. The van der Waals surface area contributed by atoms with Crippen LogP contribution in [0.1, 0.15) is 0 Å². The first-order valence-corrected chi connectivity index (χ1v) is 11.9. The van der Waals surface area contributed by atoms with Crippen molar-refractivity contribution in [3.63, 3.8) is 0 Å². The van der Waals surface area contributed by atoms with Gasteiger partial charge in [0.1, 0.15) is 0 Å². The predicted molar refractivity (Wildman–Crippen MR) is 35.2 cm³/mol. The molecule has 45 valence electrons. The van der Waals surface area contributed by atoms with Crippen LogP contribution < -0.4 is 0 Å². The van der Waals surface area contributed by atoms with Gasteiger partial charge < -0.3 is 0 Å². The molecule has 0 aromatic rings. The van der Waals surface area contributed by atoms with Crippen LogP contribution >= 0.6 is 0 Å². The molecule has 0 saturated carbocycles. The molecule has 0 aromatic carbocycles. The van der Waals surface area contributed by atoms with Crippen molar-refractivity contribution in [2.24, 2.45) is 0 Å². The Balaban J connectivity index is 3.15. The van der Waals surface area contributed by atoms with E-state index in [1.807, 2.05) is 0 Å². The van der Waals surface area contributed by atoms with Crippen LogP contribution in [0.15, 0.2) is 0 Å². The third kappa shape index (κ3) is 6.78. The van der Waals surface area contributed by atoms with E-state index in [1.165, 1.54) is 0 Å². The number of hydrogen-bond donors (Lipinski definition) is 1. The average molecular weight is 212 g/mol. The maximum absolute atomic E-state index is 8.45.